The fourth-order valence-electron chi connectivity index (χ4n) is 2.82. The van der Waals surface area contributed by atoms with Crippen molar-refractivity contribution in [3.63, 3.8) is 0 Å². The van der Waals surface area contributed by atoms with E-state index >= 15 is 0 Å². The molecule has 0 saturated heterocycles. The second kappa shape index (κ2) is 8.84. The molecule has 0 aliphatic rings. The topological polar surface area (TPSA) is 12.0 Å². The molecule has 0 spiro atoms. The van der Waals surface area contributed by atoms with Crippen LogP contribution < -0.4 is 5.32 Å². The Hall–Kier alpha value is -1.34. The second-order valence-corrected chi connectivity index (χ2v) is 6.05. The van der Waals surface area contributed by atoms with Crippen molar-refractivity contribution in [2.75, 3.05) is 6.54 Å². The molecule has 1 unspecified atom stereocenters. The van der Waals surface area contributed by atoms with Crippen LogP contribution in [0.2, 0.25) is 0 Å². The highest BCUT2D eigenvalue weighted by Gasteiger charge is 2.05. The van der Waals surface area contributed by atoms with Crippen molar-refractivity contribution in [2.24, 2.45) is 0 Å². The molecule has 1 heteroatoms. The summed E-state index contributed by atoms with van der Waals surface area (Å²) in [6, 6.07) is 15.8. The van der Waals surface area contributed by atoms with Crippen LogP contribution in [0.25, 0.3) is 10.8 Å². The van der Waals surface area contributed by atoms with Gasteiger partial charge in [-0.25, -0.2) is 0 Å². The molecule has 0 radical (unpaired) electrons. The van der Waals surface area contributed by atoms with E-state index in [1.165, 1.54) is 54.9 Å². The Balaban J connectivity index is 1.75. The van der Waals surface area contributed by atoms with Crippen molar-refractivity contribution in [2.45, 2.75) is 58.4 Å². The summed E-state index contributed by atoms with van der Waals surface area (Å²) in [5.41, 5.74) is 1.39. The number of fused-ring (bicyclic) bond motifs is 1. The monoisotopic (exact) mass is 283 g/mol. The minimum atomic E-state index is 0.435. The van der Waals surface area contributed by atoms with Gasteiger partial charge in [0, 0.05) is 6.04 Å². The molecule has 0 amide bonds. The maximum atomic E-state index is 3.65. The van der Waals surface area contributed by atoms with Crippen molar-refractivity contribution < 1.29 is 0 Å². The Labute approximate surface area is 129 Å². The van der Waals surface area contributed by atoms with Crippen LogP contribution in [-0.2, 0) is 0 Å². The van der Waals surface area contributed by atoms with Gasteiger partial charge in [0.2, 0.25) is 0 Å². The predicted octanol–water partition coefficient (Wildman–Crippen LogP) is 5.85. The molecule has 1 nitrogen and oxygen atoms in total. The quantitative estimate of drug-likeness (QED) is 0.569. The first-order chi connectivity index (χ1) is 10.3. The van der Waals surface area contributed by atoms with Crippen LogP contribution in [0.3, 0.4) is 0 Å². The Morgan fingerprint density at radius 1 is 0.857 bits per heavy atom. The van der Waals surface area contributed by atoms with Gasteiger partial charge < -0.3 is 5.32 Å². The summed E-state index contributed by atoms with van der Waals surface area (Å²) in [4.78, 5) is 0. The van der Waals surface area contributed by atoms with Crippen molar-refractivity contribution in [3.05, 3.63) is 48.0 Å². The van der Waals surface area contributed by atoms with E-state index in [1.807, 2.05) is 0 Å². The molecule has 2 rings (SSSR count). The zero-order valence-corrected chi connectivity index (χ0v) is 13.6. The van der Waals surface area contributed by atoms with Gasteiger partial charge in [0.15, 0.2) is 0 Å². The van der Waals surface area contributed by atoms with Gasteiger partial charge >= 0.3 is 0 Å². The van der Waals surface area contributed by atoms with Gasteiger partial charge in [0.25, 0.3) is 0 Å². The third kappa shape index (κ3) is 5.17. The van der Waals surface area contributed by atoms with E-state index in [0.717, 1.165) is 6.54 Å². The molecular weight excluding hydrogens is 254 g/mol. The number of rotatable bonds is 9. The number of unbranched alkanes of at least 4 members (excludes halogenated alkanes) is 5. The van der Waals surface area contributed by atoms with E-state index in [1.54, 1.807) is 0 Å². The largest absolute Gasteiger partial charge is 0.310 e. The lowest BCUT2D eigenvalue weighted by molar-refractivity contribution is 0.527. The lowest BCUT2D eigenvalue weighted by Gasteiger charge is -2.15. The zero-order chi connectivity index (χ0) is 14.9. The molecule has 0 bridgehead atoms. The summed E-state index contributed by atoms with van der Waals surface area (Å²) in [5, 5.41) is 6.31. The maximum absolute atomic E-state index is 3.65. The van der Waals surface area contributed by atoms with Gasteiger partial charge in [0.1, 0.15) is 0 Å². The van der Waals surface area contributed by atoms with E-state index in [-0.39, 0.29) is 0 Å². The molecule has 1 atom stereocenters. The molecule has 1 N–H and O–H groups in total. The minimum absolute atomic E-state index is 0.435. The highest BCUT2D eigenvalue weighted by molar-refractivity contribution is 5.83. The average Bonchev–Trinajstić information content (AvgIpc) is 2.53. The van der Waals surface area contributed by atoms with Gasteiger partial charge in [-0.05, 0) is 42.3 Å². The normalized spacial score (nSPS) is 12.7. The van der Waals surface area contributed by atoms with Crippen molar-refractivity contribution in [1.29, 1.82) is 0 Å². The predicted molar refractivity (Wildman–Crippen MR) is 93.7 cm³/mol. The Kier molecular flexibility index (Phi) is 6.75. The second-order valence-electron chi connectivity index (χ2n) is 6.05. The molecule has 0 heterocycles. The number of nitrogens with one attached hydrogen (secondary N) is 1. The van der Waals surface area contributed by atoms with Crippen LogP contribution in [-0.4, -0.2) is 6.54 Å². The Bertz CT molecular complexity index is 532. The van der Waals surface area contributed by atoms with E-state index in [0.29, 0.717) is 6.04 Å². The molecule has 0 fully saturated rings. The molecule has 0 saturated carbocycles. The van der Waals surface area contributed by atoms with Gasteiger partial charge in [0.05, 0.1) is 0 Å². The summed E-state index contributed by atoms with van der Waals surface area (Å²) in [7, 11) is 0. The van der Waals surface area contributed by atoms with E-state index < -0.39 is 0 Å². The standard InChI is InChI=1S/C20H29N/c1-3-4-5-6-7-10-15-21-17(2)19-14-13-18-11-8-9-12-20(18)16-19/h8-9,11-14,16-17,21H,3-7,10,15H2,1-2H3. The third-order valence-electron chi connectivity index (χ3n) is 4.25. The van der Waals surface area contributed by atoms with Crippen molar-refractivity contribution in [1.82, 2.24) is 5.32 Å². The van der Waals surface area contributed by atoms with Crippen LogP contribution in [0.4, 0.5) is 0 Å². The molecule has 2 aromatic rings. The summed E-state index contributed by atoms with van der Waals surface area (Å²) < 4.78 is 0. The highest BCUT2D eigenvalue weighted by Crippen LogP contribution is 2.20. The first-order valence-electron chi connectivity index (χ1n) is 8.53. The zero-order valence-electron chi connectivity index (χ0n) is 13.6. The van der Waals surface area contributed by atoms with Crippen LogP contribution in [0.15, 0.2) is 42.5 Å². The lowest BCUT2D eigenvalue weighted by atomic mass is 10.0. The third-order valence-corrected chi connectivity index (χ3v) is 4.25. The summed E-state index contributed by atoms with van der Waals surface area (Å²) >= 11 is 0. The van der Waals surface area contributed by atoms with Crippen molar-refractivity contribution in [3.8, 4) is 0 Å². The van der Waals surface area contributed by atoms with E-state index in [2.05, 4.69) is 61.6 Å². The molecule has 0 aliphatic heterocycles. The average molecular weight is 283 g/mol. The van der Waals surface area contributed by atoms with Gasteiger partial charge in [-0.1, -0.05) is 75.4 Å². The van der Waals surface area contributed by atoms with E-state index in [9.17, 15) is 0 Å². The Morgan fingerprint density at radius 3 is 2.38 bits per heavy atom. The molecule has 0 aromatic heterocycles. The maximum Gasteiger partial charge on any atom is 0.0292 e. The van der Waals surface area contributed by atoms with Gasteiger partial charge in [-0.3, -0.25) is 0 Å². The molecular formula is C20H29N. The van der Waals surface area contributed by atoms with Crippen LogP contribution in [0.5, 0.6) is 0 Å². The van der Waals surface area contributed by atoms with Crippen LogP contribution >= 0.6 is 0 Å². The van der Waals surface area contributed by atoms with E-state index in [4.69, 9.17) is 0 Å². The lowest BCUT2D eigenvalue weighted by Crippen LogP contribution is -2.19. The van der Waals surface area contributed by atoms with Crippen LogP contribution in [0.1, 0.15) is 64.0 Å². The SMILES string of the molecule is CCCCCCCCNC(C)c1ccc2ccccc2c1. The number of hydrogen-bond donors (Lipinski definition) is 1. The fourth-order valence-corrected chi connectivity index (χ4v) is 2.82. The molecule has 0 aliphatic carbocycles. The number of benzene rings is 2. The number of hydrogen-bond acceptors (Lipinski definition) is 1. The molecule has 2 aromatic carbocycles. The van der Waals surface area contributed by atoms with Gasteiger partial charge in [-0.15, -0.1) is 0 Å². The summed E-state index contributed by atoms with van der Waals surface area (Å²) in [5.74, 6) is 0. The van der Waals surface area contributed by atoms with Crippen molar-refractivity contribution >= 4 is 10.8 Å². The van der Waals surface area contributed by atoms with Crippen LogP contribution in [0, 0.1) is 0 Å². The first kappa shape index (κ1) is 16.0. The summed E-state index contributed by atoms with van der Waals surface area (Å²) in [6.45, 7) is 5.66. The molecule has 114 valence electrons. The fraction of sp³-hybridized carbons (Fsp3) is 0.500. The van der Waals surface area contributed by atoms with Gasteiger partial charge in [-0.2, -0.15) is 0 Å². The summed E-state index contributed by atoms with van der Waals surface area (Å²) in [6.07, 6.45) is 8.16. The molecule has 21 heavy (non-hydrogen) atoms. The minimum Gasteiger partial charge on any atom is -0.310 e. The highest BCUT2D eigenvalue weighted by atomic mass is 14.9. The Morgan fingerprint density at radius 2 is 1.57 bits per heavy atom. The smallest absolute Gasteiger partial charge is 0.0292 e. The first-order valence-corrected chi connectivity index (χ1v) is 8.53.